The van der Waals surface area contributed by atoms with Gasteiger partial charge in [-0.25, -0.2) is 0 Å². The summed E-state index contributed by atoms with van der Waals surface area (Å²) < 4.78 is 0. The lowest BCUT2D eigenvalue weighted by Crippen LogP contribution is -2.39. The number of hydrogen-bond acceptors (Lipinski definition) is 2. The molecule has 1 rings (SSSR count). The number of likely N-dealkylation sites (tertiary alicyclic amines) is 1. The summed E-state index contributed by atoms with van der Waals surface area (Å²) in [5, 5.41) is 0. The van der Waals surface area contributed by atoms with E-state index in [9.17, 15) is 9.59 Å². The van der Waals surface area contributed by atoms with Crippen molar-refractivity contribution < 1.29 is 9.59 Å². The Labute approximate surface area is 88.8 Å². The molecular weight excluding hydrogens is 204 g/mol. The van der Waals surface area contributed by atoms with E-state index in [1.54, 1.807) is 16.8 Å². The first kappa shape index (κ1) is 11.3. The van der Waals surface area contributed by atoms with E-state index in [4.69, 9.17) is 11.6 Å². The van der Waals surface area contributed by atoms with E-state index in [1.165, 1.54) is 6.92 Å². The van der Waals surface area contributed by atoms with E-state index in [0.717, 1.165) is 6.42 Å². The Hall–Kier alpha value is -0.770. The molecule has 1 unspecified atom stereocenters. The van der Waals surface area contributed by atoms with Crippen molar-refractivity contribution in [2.45, 2.75) is 19.4 Å². The van der Waals surface area contributed by atoms with E-state index in [0.29, 0.717) is 13.1 Å². The standard InChI is InChI=1S/C9H15ClN2O2/c1-7(13)11(2)8-3-4-12(6-8)9(14)5-10/h8H,3-6H2,1-2H3. The first-order valence-corrected chi connectivity index (χ1v) is 5.17. The Morgan fingerprint density at radius 1 is 1.57 bits per heavy atom. The van der Waals surface area contributed by atoms with Crippen LogP contribution in [0.5, 0.6) is 0 Å². The zero-order valence-electron chi connectivity index (χ0n) is 8.49. The maximum atomic E-state index is 11.2. The van der Waals surface area contributed by atoms with E-state index in [1.807, 2.05) is 0 Å². The van der Waals surface area contributed by atoms with Crippen LogP contribution in [0.15, 0.2) is 0 Å². The molecule has 14 heavy (non-hydrogen) atoms. The van der Waals surface area contributed by atoms with E-state index >= 15 is 0 Å². The number of halogens is 1. The topological polar surface area (TPSA) is 40.6 Å². The fourth-order valence-electron chi connectivity index (χ4n) is 1.63. The highest BCUT2D eigenvalue weighted by atomic mass is 35.5. The lowest BCUT2D eigenvalue weighted by molar-refractivity contribution is -0.131. The van der Waals surface area contributed by atoms with Crippen LogP contribution in [0, 0.1) is 0 Å². The summed E-state index contributed by atoms with van der Waals surface area (Å²) in [4.78, 5) is 25.7. The van der Waals surface area contributed by atoms with Crippen LogP contribution in [0.3, 0.4) is 0 Å². The number of nitrogens with zero attached hydrogens (tertiary/aromatic N) is 2. The molecule has 1 atom stereocenters. The third-order valence-corrected chi connectivity index (χ3v) is 2.90. The van der Waals surface area contributed by atoms with Crippen LogP contribution < -0.4 is 0 Å². The zero-order chi connectivity index (χ0) is 10.7. The Morgan fingerprint density at radius 2 is 2.21 bits per heavy atom. The fourth-order valence-corrected chi connectivity index (χ4v) is 1.80. The number of alkyl halides is 1. The quantitative estimate of drug-likeness (QED) is 0.626. The van der Waals surface area contributed by atoms with Gasteiger partial charge in [0.1, 0.15) is 5.88 Å². The second kappa shape index (κ2) is 4.64. The molecule has 1 heterocycles. The second-order valence-corrected chi connectivity index (χ2v) is 3.81. The Bertz CT molecular complexity index is 245. The molecule has 1 aliphatic rings. The molecule has 0 aliphatic carbocycles. The lowest BCUT2D eigenvalue weighted by Gasteiger charge is -2.23. The van der Waals surface area contributed by atoms with Gasteiger partial charge in [0.2, 0.25) is 11.8 Å². The molecular formula is C9H15ClN2O2. The molecule has 0 radical (unpaired) electrons. The highest BCUT2D eigenvalue weighted by Crippen LogP contribution is 2.14. The number of rotatable bonds is 2. The normalized spacial score (nSPS) is 21.1. The van der Waals surface area contributed by atoms with Crippen LogP contribution >= 0.6 is 11.6 Å². The van der Waals surface area contributed by atoms with Gasteiger partial charge >= 0.3 is 0 Å². The van der Waals surface area contributed by atoms with Crippen LogP contribution in [-0.4, -0.2) is 53.7 Å². The Morgan fingerprint density at radius 3 is 2.71 bits per heavy atom. The maximum absolute atomic E-state index is 11.2. The van der Waals surface area contributed by atoms with Crippen molar-refractivity contribution >= 4 is 23.4 Å². The van der Waals surface area contributed by atoms with Gasteiger partial charge in [-0.2, -0.15) is 0 Å². The van der Waals surface area contributed by atoms with Crippen molar-refractivity contribution in [1.82, 2.24) is 9.80 Å². The molecule has 0 bridgehead atoms. The minimum atomic E-state index is -0.0499. The summed E-state index contributed by atoms with van der Waals surface area (Å²) in [6.45, 7) is 2.85. The number of hydrogen-bond donors (Lipinski definition) is 0. The van der Waals surface area contributed by atoms with Gasteiger partial charge in [0.25, 0.3) is 0 Å². The maximum Gasteiger partial charge on any atom is 0.237 e. The number of carbonyl (C=O) groups is 2. The summed E-state index contributed by atoms with van der Waals surface area (Å²) in [5.74, 6) is 0.0116. The molecule has 1 saturated heterocycles. The van der Waals surface area contributed by atoms with Crippen molar-refractivity contribution in [1.29, 1.82) is 0 Å². The summed E-state index contributed by atoms with van der Waals surface area (Å²) in [6, 6.07) is 0.152. The third-order valence-electron chi connectivity index (χ3n) is 2.67. The molecule has 0 N–H and O–H groups in total. The fraction of sp³-hybridized carbons (Fsp3) is 0.778. The Balaban J connectivity index is 2.49. The minimum Gasteiger partial charge on any atom is -0.341 e. The highest BCUT2D eigenvalue weighted by Gasteiger charge is 2.29. The smallest absolute Gasteiger partial charge is 0.237 e. The van der Waals surface area contributed by atoms with Gasteiger partial charge in [-0.1, -0.05) is 0 Å². The first-order valence-electron chi connectivity index (χ1n) is 4.63. The average molecular weight is 219 g/mol. The molecule has 1 fully saturated rings. The third kappa shape index (κ3) is 2.38. The predicted octanol–water partition coefficient (Wildman–Crippen LogP) is 0.304. The van der Waals surface area contributed by atoms with Gasteiger partial charge in [0, 0.05) is 27.1 Å². The molecule has 5 heteroatoms. The summed E-state index contributed by atoms with van der Waals surface area (Å²) >= 11 is 5.45. The molecule has 4 nitrogen and oxygen atoms in total. The molecule has 0 aromatic rings. The molecule has 0 saturated carbocycles. The van der Waals surface area contributed by atoms with E-state index < -0.39 is 0 Å². The molecule has 0 aromatic heterocycles. The van der Waals surface area contributed by atoms with Crippen LogP contribution in [0.25, 0.3) is 0 Å². The summed E-state index contributed by atoms with van der Waals surface area (Å²) in [6.07, 6.45) is 0.846. The van der Waals surface area contributed by atoms with Crippen molar-refractivity contribution in [3.63, 3.8) is 0 Å². The summed E-state index contributed by atoms with van der Waals surface area (Å²) in [5.41, 5.74) is 0. The van der Waals surface area contributed by atoms with Crippen LogP contribution in [0.4, 0.5) is 0 Å². The van der Waals surface area contributed by atoms with Crippen molar-refractivity contribution in [3.05, 3.63) is 0 Å². The number of likely N-dealkylation sites (N-methyl/N-ethyl adjacent to an activating group) is 1. The Kier molecular flexibility index (Phi) is 3.75. The van der Waals surface area contributed by atoms with Crippen LogP contribution in [-0.2, 0) is 9.59 Å². The van der Waals surface area contributed by atoms with Gasteiger partial charge in [-0.15, -0.1) is 11.6 Å². The number of amides is 2. The van der Waals surface area contributed by atoms with E-state index in [-0.39, 0.29) is 23.7 Å². The lowest BCUT2D eigenvalue weighted by atomic mass is 10.2. The van der Waals surface area contributed by atoms with Gasteiger partial charge in [-0.3, -0.25) is 9.59 Å². The van der Waals surface area contributed by atoms with Crippen molar-refractivity contribution in [2.24, 2.45) is 0 Å². The molecule has 1 aliphatic heterocycles. The van der Waals surface area contributed by atoms with Gasteiger partial charge in [0.15, 0.2) is 0 Å². The number of carbonyl (C=O) groups excluding carboxylic acids is 2. The molecule has 2 amide bonds. The SMILES string of the molecule is CC(=O)N(C)C1CCN(C(=O)CCl)C1. The highest BCUT2D eigenvalue weighted by molar-refractivity contribution is 6.27. The van der Waals surface area contributed by atoms with Gasteiger partial charge in [-0.05, 0) is 6.42 Å². The molecule has 80 valence electrons. The predicted molar refractivity (Wildman–Crippen MR) is 54.1 cm³/mol. The van der Waals surface area contributed by atoms with Crippen molar-refractivity contribution in [2.75, 3.05) is 26.0 Å². The van der Waals surface area contributed by atoms with Gasteiger partial charge < -0.3 is 9.80 Å². The van der Waals surface area contributed by atoms with E-state index in [2.05, 4.69) is 0 Å². The minimum absolute atomic E-state index is 0.0243. The average Bonchev–Trinajstić information content (AvgIpc) is 2.64. The molecule has 0 spiro atoms. The van der Waals surface area contributed by atoms with Crippen LogP contribution in [0.1, 0.15) is 13.3 Å². The van der Waals surface area contributed by atoms with Gasteiger partial charge in [0.05, 0.1) is 6.04 Å². The largest absolute Gasteiger partial charge is 0.341 e. The summed E-state index contributed by atoms with van der Waals surface area (Å²) in [7, 11) is 1.77. The monoisotopic (exact) mass is 218 g/mol. The zero-order valence-corrected chi connectivity index (χ0v) is 9.25. The van der Waals surface area contributed by atoms with Crippen LogP contribution in [0.2, 0.25) is 0 Å². The van der Waals surface area contributed by atoms with Crippen molar-refractivity contribution in [3.8, 4) is 0 Å². The first-order chi connectivity index (χ1) is 6.56. The second-order valence-electron chi connectivity index (χ2n) is 3.55. The molecule has 0 aromatic carbocycles.